The number of rotatable bonds is 4. The molecule has 8 nitrogen and oxygen atoms in total. The van der Waals surface area contributed by atoms with E-state index >= 15 is 0 Å². The van der Waals surface area contributed by atoms with Crippen molar-refractivity contribution in [2.45, 2.75) is 50.5 Å². The Kier molecular flexibility index (Phi) is 5.77. The Bertz CT molecular complexity index is 1440. The van der Waals surface area contributed by atoms with Crippen molar-refractivity contribution in [3.8, 4) is 0 Å². The second-order valence-corrected chi connectivity index (χ2v) is 11.1. The van der Waals surface area contributed by atoms with Crippen LogP contribution in [0.3, 0.4) is 0 Å². The maximum Gasteiger partial charge on any atom is 0.279 e. The highest BCUT2D eigenvalue weighted by atomic mass is 32.2. The zero-order chi connectivity index (χ0) is 24.0. The van der Waals surface area contributed by atoms with Crippen LogP contribution in [0.2, 0.25) is 0 Å². The van der Waals surface area contributed by atoms with Crippen LogP contribution < -0.4 is 10.5 Å². The average Bonchev–Trinajstić information content (AvgIpc) is 3.39. The number of hydrogen-bond acceptors (Lipinski definition) is 5. The number of carbonyl (C=O) groups is 1. The first-order chi connectivity index (χ1) is 16.3. The largest absolute Gasteiger partial charge is 0.307 e. The van der Waals surface area contributed by atoms with Gasteiger partial charge in [-0.1, -0.05) is 18.2 Å². The SMILES string of the molecule is CC(C)n1nc(C(=O)N2CCCc3cc(S(=O)(=O)N4CCCC4)ccc32)c2ccccc2c1=O. The van der Waals surface area contributed by atoms with Crippen molar-refractivity contribution in [1.82, 2.24) is 14.1 Å². The van der Waals surface area contributed by atoms with E-state index in [1.54, 1.807) is 47.4 Å². The van der Waals surface area contributed by atoms with Gasteiger partial charge in [0.25, 0.3) is 11.5 Å². The second-order valence-electron chi connectivity index (χ2n) is 9.20. The van der Waals surface area contributed by atoms with Crippen LogP contribution in [0.4, 0.5) is 5.69 Å². The molecule has 0 spiro atoms. The Morgan fingerprint density at radius 2 is 1.68 bits per heavy atom. The molecule has 3 aromatic rings. The van der Waals surface area contributed by atoms with Crippen molar-refractivity contribution in [2.24, 2.45) is 0 Å². The van der Waals surface area contributed by atoms with Crippen LogP contribution in [-0.2, 0) is 16.4 Å². The normalized spacial score (nSPS) is 16.9. The summed E-state index contributed by atoms with van der Waals surface area (Å²) in [7, 11) is -3.53. The van der Waals surface area contributed by atoms with E-state index in [4.69, 9.17) is 0 Å². The molecule has 1 aromatic heterocycles. The molecule has 2 aliphatic rings. The minimum atomic E-state index is -3.53. The number of amides is 1. The van der Waals surface area contributed by atoms with E-state index in [1.165, 1.54) is 8.99 Å². The summed E-state index contributed by atoms with van der Waals surface area (Å²) in [6.07, 6.45) is 3.17. The van der Waals surface area contributed by atoms with Crippen LogP contribution in [-0.4, -0.2) is 48.0 Å². The highest BCUT2D eigenvalue weighted by Gasteiger charge is 2.31. The number of hydrogen-bond donors (Lipinski definition) is 0. The summed E-state index contributed by atoms with van der Waals surface area (Å²) in [6, 6.07) is 11.9. The molecule has 2 aromatic carbocycles. The highest BCUT2D eigenvalue weighted by molar-refractivity contribution is 7.89. The lowest BCUT2D eigenvalue weighted by molar-refractivity contribution is 0.0979. The second kappa shape index (κ2) is 8.63. The molecule has 34 heavy (non-hydrogen) atoms. The maximum absolute atomic E-state index is 13.8. The number of carbonyl (C=O) groups excluding carboxylic acids is 1. The number of nitrogens with zero attached hydrogens (tertiary/aromatic N) is 4. The fraction of sp³-hybridized carbons (Fsp3) is 0.400. The predicted octanol–water partition coefficient (Wildman–Crippen LogP) is 3.35. The van der Waals surface area contributed by atoms with Gasteiger partial charge in [-0.05, 0) is 69.4 Å². The van der Waals surface area contributed by atoms with Gasteiger partial charge in [0.2, 0.25) is 10.0 Å². The van der Waals surface area contributed by atoms with E-state index in [0.717, 1.165) is 18.4 Å². The molecule has 1 amide bonds. The third-order valence-corrected chi connectivity index (χ3v) is 8.53. The van der Waals surface area contributed by atoms with E-state index in [1.807, 2.05) is 13.8 Å². The van der Waals surface area contributed by atoms with Crippen molar-refractivity contribution in [3.05, 3.63) is 64.1 Å². The van der Waals surface area contributed by atoms with Gasteiger partial charge in [-0.15, -0.1) is 0 Å². The van der Waals surface area contributed by atoms with Crippen molar-refractivity contribution in [1.29, 1.82) is 0 Å². The molecular weight excluding hydrogens is 452 g/mol. The zero-order valence-corrected chi connectivity index (χ0v) is 20.2. The molecule has 3 heterocycles. The van der Waals surface area contributed by atoms with Gasteiger partial charge < -0.3 is 4.90 Å². The minimum Gasteiger partial charge on any atom is -0.307 e. The molecule has 0 unspecified atom stereocenters. The van der Waals surface area contributed by atoms with E-state index in [2.05, 4.69) is 5.10 Å². The van der Waals surface area contributed by atoms with Crippen LogP contribution in [0, 0.1) is 0 Å². The lowest BCUT2D eigenvalue weighted by Gasteiger charge is -2.30. The van der Waals surface area contributed by atoms with Crippen LogP contribution in [0.5, 0.6) is 0 Å². The van der Waals surface area contributed by atoms with E-state index in [9.17, 15) is 18.0 Å². The molecule has 5 rings (SSSR count). The van der Waals surface area contributed by atoms with Crippen molar-refractivity contribution in [3.63, 3.8) is 0 Å². The van der Waals surface area contributed by atoms with E-state index in [0.29, 0.717) is 48.9 Å². The molecule has 1 fully saturated rings. The summed E-state index contributed by atoms with van der Waals surface area (Å²) in [5, 5.41) is 5.45. The monoisotopic (exact) mass is 480 g/mol. The van der Waals surface area contributed by atoms with Gasteiger partial charge in [0.15, 0.2) is 5.69 Å². The molecule has 0 saturated carbocycles. The summed E-state index contributed by atoms with van der Waals surface area (Å²) < 4.78 is 29.0. The van der Waals surface area contributed by atoms with Crippen LogP contribution in [0.15, 0.2) is 52.2 Å². The van der Waals surface area contributed by atoms with Crippen LogP contribution >= 0.6 is 0 Å². The lowest BCUT2D eigenvalue weighted by Crippen LogP contribution is -2.38. The molecular formula is C25H28N4O4S. The summed E-state index contributed by atoms with van der Waals surface area (Å²) in [4.78, 5) is 28.6. The van der Waals surface area contributed by atoms with Gasteiger partial charge in [-0.3, -0.25) is 9.59 Å². The number of sulfonamides is 1. The summed E-state index contributed by atoms with van der Waals surface area (Å²) in [6.45, 7) is 5.31. The number of fused-ring (bicyclic) bond motifs is 2. The first-order valence-electron chi connectivity index (χ1n) is 11.8. The van der Waals surface area contributed by atoms with Gasteiger partial charge in [-0.25, -0.2) is 13.1 Å². The molecule has 0 radical (unpaired) electrons. The van der Waals surface area contributed by atoms with Crippen LogP contribution in [0.1, 0.15) is 55.2 Å². The smallest absolute Gasteiger partial charge is 0.279 e. The number of benzene rings is 2. The lowest BCUT2D eigenvalue weighted by atomic mass is 10.0. The molecule has 0 N–H and O–H groups in total. The zero-order valence-electron chi connectivity index (χ0n) is 19.4. The number of anilines is 1. The quantitative estimate of drug-likeness (QED) is 0.571. The predicted molar refractivity (Wildman–Crippen MR) is 131 cm³/mol. The summed E-state index contributed by atoms with van der Waals surface area (Å²) in [5.41, 5.74) is 1.54. The Morgan fingerprint density at radius 3 is 2.38 bits per heavy atom. The third kappa shape index (κ3) is 3.73. The Labute approximate surface area is 198 Å². The topological polar surface area (TPSA) is 92.6 Å². The summed E-state index contributed by atoms with van der Waals surface area (Å²) >= 11 is 0. The molecule has 2 aliphatic heterocycles. The fourth-order valence-electron chi connectivity index (χ4n) is 4.86. The maximum atomic E-state index is 13.8. The van der Waals surface area contributed by atoms with Gasteiger partial charge in [0, 0.05) is 30.7 Å². The number of aromatic nitrogens is 2. The number of aryl methyl sites for hydroxylation is 1. The third-order valence-electron chi connectivity index (χ3n) is 6.64. The Balaban J connectivity index is 1.57. The van der Waals surface area contributed by atoms with Crippen LogP contribution in [0.25, 0.3) is 10.8 Å². The summed E-state index contributed by atoms with van der Waals surface area (Å²) in [5.74, 6) is -0.290. The average molecular weight is 481 g/mol. The minimum absolute atomic E-state index is 0.198. The molecule has 0 aliphatic carbocycles. The molecule has 1 saturated heterocycles. The molecule has 178 valence electrons. The van der Waals surface area contributed by atoms with E-state index < -0.39 is 10.0 Å². The first-order valence-corrected chi connectivity index (χ1v) is 13.2. The van der Waals surface area contributed by atoms with Crippen molar-refractivity contribution in [2.75, 3.05) is 24.5 Å². The van der Waals surface area contributed by atoms with Crippen molar-refractivity contribution >= 4 is 32.4 Å². The van der Waals surface area contributed by atoms with Gasteiger partial charge >= 0.3 is 0 Å². The fourth-order valence-corrected chi connectivity index (χ4v) is 6.43. The van der Waals surface area contributed by atoms with Gasteiger partial charge in [0.05, 0.1) is 16.3 Å². The van der Waals surface area contributed by atoms with Gasteiger partial charge in [0.1, 0.15) is 0 Å². The first kappa shape index (κ1) is 22.7. The van der Waals surface area contributed by atoms with Gasteiger partial charge in [-0.2, -0.15) is 9.40 Å². The Hall–Kier alpha value is -3.04. The standard InChI is InChI=1S/C25H28N4O4S/c1-17(2)29-24(30)21-10-4-3-9-20(21)23(26-29)25(31)28-15-7-8-18-16-19(11-12-22(18)28)34(32,33)27-13-5-6-14-27/h3-4,9-12,16-17H,5-8,13-15H2,1-2H3. The highest BCUT2D eigenvalue weighted by Crippen LogP contribution is 2.32. The molecule has 9 heteroatoms. The van der Waals surface area contributed by atoms with E-state index in [-0.39, 0.29) is 28.1 Å². The Morgan fingerprint density at radius 1 is 0.971 bits per heavy atom. The van der Waals surface area contributed by atoms with Crippen molar-refractivity contribution < 1.29 is 13.2 Å². The molecule has 0 atom stereocenters. The molecule has 0 bridgehead atoms.